The molecule has 0 fully saturated rings. The lowest BCUT2D eigenvalue weighted by Crippen LogP contribution is -2.28. The molecule has 0 spiro atoms. The number of nitrogens with one attached hydrogen (secondary N) is 2. The highest BCUT2D eigenvalue weighted by atomic mass is 32.2. The van der Waals surface area contributed by atoms with Gasteiger partial charge in [0.2, 0.25) is 5.89 Å². The summed E-state index contributed by atoms with van der Waals surface area (Å²) in [4.78, 5) is 13.1. The van der Waals surface area contributed by atoms with Crippen molar-refractivity contribution in [2.45, 2.75) is 30.5 Å². The van der Waals surface area contributed by atoms with E-state index >= 15 is 0 Å². The molecule has 3 aromatic rings. The third-order valence-corrected chi connectivity index (χ3v) is 4.50. The van der Waals surface area contributed by atoms with Crippen LogP contribution in [0.2, 0.25) is 0 Å². The fourth-order valence-electron chi connectivity index (χ4n) is 2.26. The Bertz CT molecular complexity index is 895. The summed E-state index contributed by atoms with van der Waals surface area (Å²) in [5.41, 5.74) is 1.55. The van der Waals surface area contributed by atoms with Crippen LogP contribution >= 0.6 is 11.8 Å². The van der Waals surface area contributed by atoms with Gasteiger partial charge in [-0.3, -0.25) is 5.32 Å². The first-order valence-corrected chi connectivity index (χ1v) is 9.27. The van der Waals surface area contributed by atoms with Crippen LogP contribution in [-0.2, 0) is 6.54 Å². The highest BCUT2D eigenvalue weighted by molar-refractivity contribution is 7.99. The molecule has 0 radical (unpaired) electrons. The Morgan fingerprint density at radius 1 is 1.11 bits per heavy atom. The number of hydrogen-bond acceptors (Lipinski definition) is 5. The molecule has 3 rings (SSSR count). The quantitative estimate of drug-likeness (QED) is 0.601. The minimum absolute atomic E-state index is 0.00207. The van der Waals surface area contributed by atoms with Gasteiger partial charge in [-0.15, -0.1) is 16.9 Å². The minimum atomic E-state index is -0.488. The van der Waals surface area contributed by atoms with Crippen molar-refractivity contribution in [3.8, 4) is 11.5 Å². The molecule has 1 aromatic heterocycles. The van der Waals surface area contributed by atoms with Crippen molar-refractivity contribution in [2.75, 3.05) is 5.32 Å². The predicted molar refractivity (Wildman–Crippen MR) is 103 cm³/mol. The van der Waals surface area contributed by atoms with E-state index in [2.05, 4.69) is 34.7 Å². The van der Waals surface area contributed by atoms with Crippen molar-refractivity contribution < 1.29 is 13.6 Å². The normalized spacial score (nSPS) is 10.8. The van der Waals surface area contributed by atoms with Crippen LogP contribution in [0.3, 0.4) is 0 Å². The number of thioether (sulfide) groups is 1. The number of rotatable bonds is 6. The molecule has 2 amide bonds. The minimum Gasteiger partial charge on any atom is -0.403 e. The topological polar surface area (TPSA) is 80.0 Å². The van der Waals surface area contributed by atoms with Crippen LogP contribution in [-0.4, -0.2) is 21.5 Å². The number of aromatic nitrogens is 2. The Morgan fingerprint density at radius 2 is 1.81 bits per heavy atom. The Kier molecular flexibility index (Phi) is 6.08. The van der Waals surface area contributed by atoms with E-state index in [1.807, 2.05) is 24.3 Å². The molecule has 0 bridgehead atoms. The molecule has 0 aliphatic heterocycles. The average Bonchev–Trinajstić information content (AvgIpc) is 3.10. The fraction of sp³-hybridized carbons (Fsp3) is 0.211. The van der Waals surface area contributed by atoms with E-state index in [1.165, 1.54) is 12.1 Å². The van der Waals surface area contributed by atoms with Crippen LogP contribution in [0, 0.1) is 5.82 Å². The van der Waals surface area contributed by atoms with Gasteiger partial charge in [0.1, 0.15) is 5.82 Å². The van der Waals surface area contributed by atoms with Crippen molar-refractivity contribution in [3.05, 3.63) is 59.9 Å². The molecule has 2 N–H and O–H groups in total. The molecule has 0 atom stereocenters. The predicted octanol–water partition coefficient (Wildman–Crippen LogP) is 4.70. The number of halogens is 1. The molecule has 0 saturated heterocycles. The lowest BCUT2D eigenvalue weighted by atomic mass is 10.2. The molecule has 0 aliphatic carbocycles. The van der Waals surface area contributed by atoms with Gasteiger partial charge in [0.15, 0.2) is 0 Å². The number of benzene rings is 2. The summed E-state index contributed by atoms with van der Waals surface area (Å²) in [6.45, 7) is 4.52. The van der Waals surface area contributed by atoms with E-state index in [1.54, 1.807) is 23.9 Å². The number of carbonyl (C=O) groups is 1. The van der Waals surface area contributed by atoms with Crippen molar-refractivity contribution >= 4 is 23.8 Å². The summed E-state index contributed by atoms with van der Waals surface area (Å²) < 4.78 is 18.3. The van der Waals surface area contributed by atoms with Crippen molar-refractivity contribution in [1.29, 1.82) is 0 Å². The van der Waals surface area contributed by atoms with Crippen molar-refractivity contribution in [2.24, 2.45) is 0 Å². The van der Waals surface area contributed by atoms with Gasteiger partial charge in [0, 0.05) is 22.3 Å². The molecule has 0 saturated carbocycles. The first kappa shape index (κ1) is 18.9. The van der Waals surface area contributed by atoms with E-state index in [0.717, 1.165) is 16.0 Å². The van der Waals surface area contributed by atoms with E-state index in [9.17, 15) is 9.18 Å². The van der Waals surface area contributed by atoms with Gasteiger partial charge in [-0.25, -0.2) is 9.18 Å². The Morgan fingerprint density at radius 3 is 2.48 bits per heavy atom. The zero-order valence-electron chi connectivity index (χ0n) is 14.9. The SMILES string of the molecule is CC(C)Sc1ccc(-c2nnc(NC(=O)NCc3ccc(F)cc3)o2)cc1. The third kappa shape index (κ3) is 5.55. The molecular weight excluding hydrogens is 367 g/mol. The number of urea groups is 1. The van der Waals surface area contributed by atoms with Crippen LogP contribution in [0.5, 0.6) is 0 Å². The largest absolute Gasteiger partial charge is 0.403 e. The second-order valence-corrected chi connectivity index (χ2v) is 7.69. The summed E-state index contributed by atoms with van der Waals surface area (Å²) in [7, 11) is 0. The fourth-order valence-corrected chi connectivity index (χ4v) is 3.10. The van der Waals surface area contributed by atoms with Crippen molar-refractivity contribution in [3.63, 3.8) is 0 Å². The third-order valence-electron chi connectivity index (χ3n) is 3.48. The summed E-state index contributed by atoms with van der Waals surface area (Å²) in [6, 6.07) is 13.2. The zero-order valence-corrected chi connectivity index (χ0v) is 15.7. The van der Waals surface area contributed by atoms with Gasteiger partial charge in [-0.1, -0.05) is 31.1 Å². The Balaban J connectivity index is 1.55. The lowest BCUT2D eigenvalue weighted by molar-refractivity contribution is 0.251. The summed E-state index contributed by atoms with van der Waals surface area (Å²) in [5.74, 6) is 0.00218. The molecule has 6 nitrogen and oxygen atoms in total. The molecule has 1 heterocycles. The molecule has 140 valence electrons. The maximum Gasteiger partial charge on any atom is 0.324 e. The van der Waals surface area contributed by atoms with Crippen LogP contribution in [0.25, 0.3) is 11.5 Å². The van der Waals surface area contributed by atoms with E-state index in [-0.39, 0.29) is 18.4 Å². The summed E-state index contributed by atoms with van der Waals surface area (Å²) >= 11 is 1.77. The van der Waals surface area contributed by atoms with Gasteiger partial charge < -0.3 is 9.73 Å². The summed E-state index contributed by atoms with van der Waals surface area (Å²) in [5, 5.41) is 13.4. The molecule has 27 heavy (non-hydrogen) atoms. The number of nitrogens with zero attached hydrogens (tertiary/aromatic N) is 2. The number of amides is 2. The first-order valence-electron chi connectivity index (χ1n) is 8.39. The van der Waals surface area contributed by atoms with E-state index in [4.69, 9.17) is 4.42 Å². The van der Waals surface area contributed by atoms with Crippen LogP contribution in [0.4, 0.5) is 15.2 Å². The molecule has 8 heteroatoms. The van der Waals surface area contributed by atoms with E-state index < -0.39 is 6.03 Å². The molecule has 0 unspecified atom stereocenters. The van der Waals surface area contributed by atoms with Crippen LogP contribution in [0.1, 0.15) is 19.4 Å². The van der Waals surface area contributed by atoms with Crippen molar-refractivity contribution in [1.82, 2.24) is 15.5 Å². The van der Waals surface area contributed by atoms with Gasteiger partial charge in [0.05, 0.1) is 0 Å². The Hall–Kier alpha value is -2.87. The second-order valence-electron chi connectivity index (χ2n) is 6.04. The Labute approximate surface area is 160 Å². The number of hydrogen-bond donors (Lipinski definition) is 2. The standard InChI is InChI=1S/C19H19FN4O2S/c1-12(2)27-16-9-5-14(6-10-16)17-23-24-19(26-17)22-18(25)21-11-13-3-7-15(20)8-4-13/h3-10,12H,11H2,1-2H3,(H2,21,22,24,25). The maximum atomic E-state index is 12.9. The lowest BCUT2D eigenvalue weighted by Gasteiger charge is -2.05. The monoisotopic (exact) mass is 386 g/mol. The zero-order chi connectivity index (χ0) is 19.2. The first-order chi connectivity index (χ1) is 13.0. The van der Waals surface area contributed by atoms with Gasteiger partial charge in [0.25, 0.3) is 0 Å². The van der Waals surface area contributed by atoms with Crippen LogP contribution in [0.15, 0.2) is 57.8 Å². The number of anilines is 1. The molecule has 0 aliphatic rings. The molecule has 2 aromatic carbocycles. The van der Waals surface area contributed by atoms with Gasteiger partial charge in [-0.05, 0) is 42.0 Å². The summed E-state index contributed by atoms with van der Waals surface area (Å²) in [6.07, 6.45) is 0. The molecular formula is C19H19FN4O2S. The average molecular weight is 386 g/mol. The van der Waals surface area contributed by atoms with Crippen LogP contribution < -0.4 is 10.6 Å². The highest BCUT2D eigenvalue weighted by Crippen LogP contribution is 2.26. The van der Waals surface area contributed by atoms with Gasteiger partial charge in [-0.2, -0.15) is 0 Å². The smallest absolute Gasteiger partial charge is 0.324 e. The highest BCUT2D eigenvalue weighted by Gasteiger charge is 2.11. The van der Waals surface area contributed by atoms with E-state index in [0.29, 0.717) is 11.1 Å². The second kappa shape index (κ2) is 8.68. The van der Waals surface area contributed by atoms with Gasteiger partial charge >= 0.3 is 12.0 Å². The maximum absolute atomic E-state index is 12.9. The number of carbonyl (C=O) groups excluding carboxylic acids is 1.